The number of halogens is 1. The number of carboxylic acids is 1. The lowest BCUT2D eigenvalue weighted by Gasteiger charge is -2.41. The van der Waals surface area contributed by atoms with E-state index >= 15 is 0 Å². The zero-order valence-electron chi connectivity index (χ0n) is 9.77. The average molecular weight is 298 g/mol. The summed E-state index contributed by atoms with van der Waals surface area (Å²) in [7, 11) is 0. The molecule has 0 bridgehead atoms. The Balaban J connectivity index is 1.84. The lowest BCUT2D eigenvalue weighted by atomic mass is 9.95. The molecule has 92 valence electrons. The van der Waals surface area contributed by atoms with Gasteiger partial charge in [-0.25, -0.2) is 0 Å². The van der Waals surface area contributed by atoms with E-state index in [0.29, 0.717) is 19.1 Å². The van der Waals surface area contributed by atoms with Crippen molar-refractivity contribution in [3.63, 3.8) is 0 Å². The van der Waals surface area contributed by atoms with Crippen molar-refractivity contribution in [2.75, 3.05) is 13.1 Å². The van der Waals surface area contributed by atoms with E-state index in [1.165, 1.54) is 5.56 Å². The topological polar surface area (TPSA) is 40.5 Å². The van der Waals surface area contributed by atoms with Crippen molar-refractivity contribution in [1.29, 1.82) is 0 Å². The molecule has 1 aromatic rings. The van der Waals surface area contributed by atoms with Gasteiger partial charge in [0.05, 0.1) is 5.92 Å². The van der Waals surface area contributed by atoms with Gasteiger partial charge in [0.25, 0.3) is 0 Å². The van der Waals surface area contributed by atoms with Crippen LogP contribution in [0.2, 0.25) is 0 Å². The lowest BCUT2D eigenvalue weighted by molar-refractivity contribution is -0.148. The number of aliphatic carboxylic acids is 1. The van der Waals surface area contributed by atoms with Crippen molar-refractivity contribution in [2.24, 2.45) is 5.92 Å². The molecular weight excluding hydrogens is 282 g/mol. The first-order chi connectivity index (χ1) is 8.06. The summed E-state index contributed by atoms with van der Waals surface area (Å²) in [5, 5.41) is 8.82. The van der Waals surface area contributed by atoms with Crippen LogP contribution in [0.1, 0.15) is 12.5 Å². The summed E-state index contributed by atoms with van der Waals surface area (Å²) in [6, 6.07) is 8.70. The minimum absolute atomic E-state index is 0.164. The number of hydrogen-bond acceptors (Lipinski definition) is 2. The molecule has 1 N–H and O–H groups in total. The van der Waals surface area contributed by atoms with Crippen molar-refractivity contribution in [1.82, 2.24) is 4.90 Å². The van der Waals surface area contributed by atoms with Gasteiger partial charge in [-0.05, 0) is 31.0 Å². The minimum Gasteiger partial charge on any atom is -0.481 e. The molecule has 3 nitrogen and oxygen atoms in total. The van der Waals surface area contributed by atoms with Crippen molar-refractivity contribution in [3.8, 4) is 0 Å². The molecule has 17 heavy (non-hydrogen) atoms. The van der Waals surface area contributed by atoms with E-state index in [-0.39, 0.29) is 5.92 Å². The third kappa shape index (κ3) is 3.07. The van der Waals surface area contributed by atoms with E-state index in [4.69, 9.17) is 5.11 Å². The molecule has 1 heterocycles. The zero-order chi connectivity index (χ0) is 12.4. The Morgan fingerprint density at radius 3 is 2.59 bits per heavy atom. The van der Waals surface area contributed by atoms with Crippen molar-refractivity contribution < 1.29 is 9.90 Å². The van der Waals surface area contributed by atoms with Gasteiger partial charge in [-0.2, -0.15) is 0 Å². The van der Waals surface area contributed by atoms with Crippen LogP contribution in [-0.4, -0.2) is 35.1 Å². The van der Waals surface area contributed by atoms with E-state index in [9.17, 15) is 4.79 Å². The standard InChI is InChI=1S/C13H16BrNO2/c1-9(15-7-11(8-15)13(16)17)6-10-2-4-12(14)5-3-10/h2-5,9,11H,6-8H2,1H3,(H,16,17). The van der Waals surface area contributed by atoms with Gasteiger partial charge >= 0.3 is 5.97 Å². The van der Waals surface area contributed by atoms with E-state index in [1.54, 1.807) is 0 Å². The molecule has 1 aliphatic heterocycles. The average Bonchev–Trinajstić information content (AvgIpc) is 2.18. The summed E-state index contributed by atoms with van der Waals surface area (Å²) in [6.07, 6.45) is 0.972. The fraction of sp³-hybridized carbons (Fsp3) is 0.462. The number of hydrogen-bond donors (Lipinski definition) is 1. The molecule has 0 aromatic heterocycles. The van der Waals surface area contributed by atoms with Gasteiger partial charge in [0.2, 0.25) is 0 Å². The van der Waals surface area contributed by atoms with Crippen LogP contribution in [0.5, 0.6) is 0 Å². The number of carboxylic acid groups (broad SMARTS) is 1. The normalized spacial score (nSPS) is 18.7. The second kappa shape index (κ2) is 5.19. The Labute approximate surface area is 110 Å². The first-order valence-electron chi connectivity index (χ1n) is 5.77. The number of rotatable bonds is 4. The van der Waals surface area contributed by atoms with E-state index in [0.717, 1.165) is 10.9 Å². The molecule has 2 rings (SSSR count). The Hall–Kier alpha value is -0.870. The zero-order valence-corrected chi connectivity index (χ0v) is 11.4. The first kappa shape index (κ1) is 12.6. The molecule has 1 aliphatic rings. The maximum absolute atomic E-state index is 10.7. The Bertz CT molecular complexity index is 398. The summed E-state index contributed by atoms with van der Waals surface area (Å²) in [5.74, 6) is -0.834. The molecule has 1 atom stereocenters. The van der Waals surface area contributed by atoms with Gasteiger partial charge in [0.1, 0.15) is 0 Å². The Morgan fingerprint density at radius 2 is 2.06 bits per heavy atom. The van der Waals surface area contributed by atoms with E-state index in [1.807, 2.05) is 12.1 Å². The van der Waals surface area contributed by atoms with Gasteiger partial charge in [0.15, 0.2) is 0 Å². The molecular formula is C13H16BrNO2. The van der Waals surface area contributed by atoms with Crippen LogP contribution in [0.4, 0.5) is 0 Å². The second-order valence-corrected chi connectivity index (χ2v) is 5.58. The molecule has 0 spiro atoms. The fourth-order valence-corrected chi connectivity index (χ4v) is 2.38. The molecule has 1 fully saturated rings. The number of nitrogens with zero attached hydrogens (tertiary/aromatic N) is 1. The van der Waals surface area contributed by atoms with Crippen LogP contribution >= 0.6 is 15.9 Å². The largest absolute Gasteiger partial charge is 0.481 e. The first-order valence-corrected chi connectivity index (χ1v) is 6.57. The van der Waals surface area contributed by atoms with Crippen LogP contribution < -0.4 is 0 Å². The van der Waals surface area contributed by atoms with Crippen molar-refractivity contribution in [3.05, 3.63) is 34.3 Å². The molecule has 1 unspecified atom stereocenters. The predicted molar refractivity (Wildman–Crippen MR) is 70.0 cm³/mol. The third-order valence-electron chi connectivity index (χ3n) is 3.33. The highest BCUT2D eigenvalue weighted by molar-refractivity contribution is 9.10. The molecule has 4 heteroatoms. The van der Waals surface area contributed by atoms with Crippen LogP contribution in [0.15, 0.2) is 28.7 Å². The number of likely N-dealkylation sites (tertiary alicyclic amines) is 1. The maximum atomic E-state index is 10.7. The molecule has 0 radical (unpaired) electrons. The second-order valence-electron chi connectivity index (χ2n) is 4.67. The highest BCUT2D eigenvalue weighted by Crippen LogP contribution is 2.21. The highest BCUT2D eigenvalue weighted by Gasteiger charge is 2.34. The van der Waals surface area contributed by atoms with Gasteiger partial charge in [-0.15, -0.1) is 0 Å². The summed E-state index contributed by atoms with van der Waals surface area (Å²) in [5.41, 5.74) is 1.29. The molecule has 0 amide bonds. The smallest absolute Gasteiger partial charge is 0.309 e. The van der Waals surface area contributed by atoms with E-state index < -0.39 is 5.97 Å². The summed E-state index contributed by atoms with van der Waals surface area (Å²) in [4.78, 5) is 12.9. The van der Waals surface area contributed by atoms with Gasteiger partial charge < -0.3 is 5.11 Å². The molecule has 1 aromatic carbocycles. The van der Waals surface area contributed by atoms with Gasteiger partial charge in [0, 0.05) is 23.6 Å². The maximum Gasteiger partial charge on any atom is 0.309 e. The van der Waals surface area contributed by atoms with Gasteiger partial charge in [-0.1, -0.05) is 28.1 Å². The van der Waals surface area contributed by atoms with Crippen molar-refractivity contribution in [2.45, 2.75) is 19.4 Å². The Kier molecular flexibility index (Phi) is 3.84. The summed E-state index contributed by atoms with van der Waals surface area (Å²) >= 11 is 3.41. The van der Waals surface area contributed by atoms with Gasteiger partial charge in [-0.3, -0.25) is 9.69 Å². The van der Waals surface area contributed by atoms with Crippen LogP contribution in [0.3, 0.4) is 0 Å². The Morgan fingerprint density at radius 1 is 1.47 bits per heavy atom. The highest BCUT2D eigenvalue weighted by atomic mass is 79.9. The molecule has 0 aliphatic carbocycles. The number of carbonyl (C=O) groups is 1. The lowest BCUT2D eigenvalue weighted by Crippen LogP contribution is -2.54. The fourth-order valence-electron chi connectivity index (χ4n) is 2.12. The van der Waals surface area contributed by atoms with Crippen molar-refractivity contribution >= 4 is 21.9 Å². The van der Waals surface area contributed by atoms with Crippen LogP contribution in [-0.2, 0) is 11.2 Å². The minimum atomic E-state index is -0.669. The quantitative estimate of drug-likeness (QED) is 0.928. The summed E-state index contributed by atoms with van der Waals surface area (Å²) < 4.78 is 1.09. The SMILES string of the molecule is CC(Cc1ccc(Br)cc1)N1CC(C(=O)O)C1. The third-order valence-corrected chi connectivity index (χ3v) is 3.86. The van der Waals surface area contributed by atoms with E-state index in [2.05, 4.69) is 39.9 Å². The summed E-state index contributed by atoms with van der Waals surface area (Å²) in [6.45, 7) is 3.53. The van der Waals surface area contributed by atoms with Crippen LogP contribution in [0, 0.1) is 5.92 Å². The predicted octanol–water partition coefficient (Wildman–Crippen LogP) is 2.40. The number of benzene rings is 1. The molecule has 0 saturated carbocycles. The van der Waals surface area contributed by atoms with Crippen LogP contribution in [0.25, 0.3) is 0 Å². The molecule has 1 saturated heterocycles. The monoisotopic (exact) mass is 297 g/mol.